The van der Waals surface area contributed by atoms with Crippen molar-refractivity contribution >= 4 is 33.5 Å². The fourth-order valence-corrected chi connectivity index (χ4v) is 1.96. The lowest BCUT2D eigenvalue weighted by Crippen LogP contribution is -2.08. The van der Waals surface area contributed by atoms with E-state index in [4.69, 9.17) is 11.6 Å². The molecule has 0 spiro atoms. The number of hydrogen-bond donors (Lipinski definition) is 1. The number of aromatic amines is 1. The average Bonchev–Trinajstić information content (AvgIpc) is 2.76. The van der Waals surface area contributed by atoms with Crippen LogP contribution in [0.4, 0.5) is 0 Å². The number of pyridine rings is 1. The van der Waals surface area contributed by atoms with Crippen LogP contribution in [0, 0.1) is 5.92 Å². The van der Waals surface area contributed by atoms with Crippen molar-refractivity contribution in [2.45, 2.75) is 13.3 Å². The van der Waals surface area contributed by atoms with Gasteiger partial charge in [0.15, 0.2) is 5.82 Å². The van der Waals surface area contributed by atoms with Crippen LogP contribution in [0.3, 0.4) is 0 Å². The van der Waals surface area contributed by atoms with E-state index in [0.29, 0.717) is 11.1 Å². The van der Waals surface area contributed by atoms with Crippen LogP contribution < -0.4 is 0 Å². The van der Waals surface area contributed by atoms with Crippen LogP contribution >= 0.6 is 11.6 Å². The van der Waals surface area contributed by atoms with Gasteiger partial charge in [0.25, 0.3) is 0 Å². The van der Waals surface area contributed by atoms with Gasteiger partial charge in [0.05, 0.1) is 17.2 Å². The minimum Gasteiger partial charge on any atom is -0.335 e. The fraction of sp³-hybridized carbons (Fsp3) is 0.250. The Morgan fingerprint density at radius 1 is 1.47 bits per heavy atom. The van der Waals surface area contributed by atoms with Crippen molar-refractivity contribution in [3.63, 3.8) is 0 Å². The first-order valence-corrected chi connectivity index (χ1v) is 5.86. The number of nitrogens with one attached hydrogen (secondary N) is 1. The second-order valence-electron chi connectivity index (χ2n) is 4.14. The van der Waals surface area contributed by atoms with E-state index < -0.39 is 0 Å². The highest BCUT2D eigenvalue weighted by molar-refractivity contribution is 6.66. The number of aliphatic imine (C=N–C) groups is 1. The van der Waals surface area contributed by atoms with E-state index in [9.17, 15) is 0 Å². The van der Waals surface area contributed by atoms with Crippen molar-refractivity contribution in [3.05, 3.63) is 30.4 Å². The minimum absolute atomic E-state index is 0.298. The Morgan fingerprint density at radius 2 is 2.35 bits per heavy atom. The Kier molecular flexibility index (Phi) is 2.44. The standard InChI is InChI=1S/C12H11ClN4/c1-7-2-3-9(15-11(7)13)12-16-8-4-5-14-6-10(8)17-12/h3-7H,2H2,1H3,(H,16,17). The third kappa shape index (κ3) is 1.85. The maximum Gasteiger partial charge on any atom is 0.156 e. The Balaban J connectivity index is 2.05. The highest BCUT2D eigenvalue weighted by Crippen LogP contribution is 2.25. The average molecular weight is 247 g/mol. The van der Waals surface area contributed by atoms with Gasteiger partial charge in [-0.2, -0.15) is 0 Å². The lowest BCUT2D eigenvalue weighted by molar-refractivity contribution is 0.791. The number of fused-ring (bicyclic) bond motifs is 1. The summed E-state index contributed by atoms with van der Waals surface area (Å²) < 4.78 is 0. The molecule has 4 nitrogen and oxygen atoms in total. The normalized spacial score (nSPS) is 20.2. The molecule has 5 heteroatoms. The monoisotopic (exact) mass is 246 g/mol. The van der Waals surface area contributed by atoms with E-state index in [1.807, 2.05) is 6.07 Å². The fourth-order valence-electron chi connectivity index (χ4n) is 1.78. The van der Waals surface area contributed by atoms with Crippen molar-refractivity contribution in [3.8, 4) is 0 Å². The van der Waals surface area contributed by atoms with Crippen molar-refractivity contribution in [1.82, 2.24) is 15.0 Å². The molecule has 1 N–H and O–H groups in total. The maximum atomic E-state index is 6.07. The predicted molar refractivity (Wildman–Crippen MR) is 68.9 cm³/mol. The quantitative estimate of drug-likeness (QED) is 0.841. The van der Waals surface area contributed by atoms with Crippen LogP contribution in [-0.4, -0.2) is 20.1 Å². The molecule has 86 valence electrons. The zero-order chi connectivity index (χ0) is 11.8. The largest absolute Gasteiger partial charge is 0.335 e. The number of hydrogen-bond acceptors (Lipinski definition) is 3. The van der Waals surface area contributed by atoms with Gasteiger partial charge in [-0.3, -0.25) is 4.98 Å². The number of aromatic nitrogens is 3. The van der Waals surface area contributed by atoms with Crippen molar-refractivity contribution in [2.24, 2.45) is 10.9 Å². The van der Waals surface area contributed by atoms with E-state index in [1.54, 1.807) is 12.4 Å². The molecule has 3 heterocycles. The number of rotatable bonds is 1. The van der Waals surface area contributed by atoms with E-state index in [1.165, 1.54) is 0 Å². The van der Waals surface area contributed by atoms with Crippen LogP contribution in [-0.2, 0) is 0 Å². The summed E-state index contributed by atoms with van der Waals surface area (Å²) in [6.07, 6.45) is 6.43. The summed E-state index contributed by atoms with van der Waals surface area (Å²) in [5.74, 6) is 1.05. The summed E-state index contributed by atoms with van der Waals surface area (Å²) in [4.78, 5) is 16.1. The molecule has 17 heavy (non-hydrogen) atoms. The van der Waals surface area contributed by atoms with Gasteiger partial charge in [-0.1, -0.05) is 24.6 Å². The zero-order valence-electron chi connectivity index (χ0n) is 9.31. The highest BCUT2D eigenvalue weighted by atomic mass is 35.5. The van der Waals surface area contributed by atoms with Gasteiger partial charge in [-0.25, -0.2) is 9.98 Å². The molecule has 1 unspecified atom stereocenters. The predicted octanol–water partition coefficient (Wildman–Crippen LogP) is 2.98. The van der Waals surface area contributed by atoms with Crippen molar-refractivity contribution < 1.29 is 0 Å². The number of nitrogens with zero attached hydrogens (tertiary/aromatic N) is 3. The first-order valence-electron chi connectivity index (χ1n) is 5.48. The first-order chi connectivity index (χ1) is 8.24. The molecular formula is C12H11ClN4. The summed E-state index contributed by atoms with van der Waals surface area (Å²) in [6.45, 7) is 2.06. The second kappa shape index (κ2) is 3.96. The second-order valence-corrected chi connectivity index (χ2v) is 4.53. The zero-order valence-corrected chi connectivity index (χ0v) is 10.1. The molecule has 2 aromatic rings. The Labute approximate surface area is 103 Å². The Bertz CT molecular complexity index is 593. The molecule has 0 saturated carbocycles. The molecule has 2 aromatic heterocycles. The molecule has 1 aliphatic rings. The van der Waals surface area contributed by atoms with E-state index in [-0.39, 0.29) is 0 Å². The molecule has 0 saturated heterocycles. The third-order valence-electron chi connectivity index (χ3n) is 2.82. The third-order valence-corrected chi connectivity index (χ3v) is 3.28. The maximum absolute atomic E-state index is 6.07. The van der Waals surface area contributed by atoms with Crippen LogP contribution in [0.25, 0.3) is 16.7 Å². The number of allylic oxidation sites excluding steroid dienone is 1. The first kappa shape index (κ1) is 10.5. The topological polar surface area (TPSA) is 53.9 Å². The number of halogens is 1. The molecule has 0 bridgehead atoms. The Hall–Kier alpha value is -1.68. The van der Waals surface area contributed by atoms with Gasteiger partial charge in [-0.05, 0) is 12.5 Å². The highest BCUT2D eigenvalue weighted by Gasteiger charge is 2.16. The molecule has 0 amide bonds. The van der Waals surface area contributed by atoms with Gasteiger partial charge in [-0.15, -0.1) is 0 Å². The SMILES string of the molecule is CC1CC=C(c2nc3ccncc3[nH]2)N=C1Cl. The molecule has 0 aliphatic carbocycles. The van der Waals surface area contributed by atoms with Crippen molar-refractivity contribution in [2.75, 3.05) is 0 Å². The van der Waals surface area contributed by atoms with Crippen LogP contribution in [0.5, 0.6) is 0 Å². The smallest absolute Gasteiger partial charge is 0.156 e. The lowest BCUT2D eigenvalue weighted by atomic mass is 10.1. The molecule has 1 atom stereocenters. The summed E-state index contributed by atoms with van der Waals surface area (Å²) >= 11 is 6.07. The number of H-pyrrole nitrogens is 1. The van der Waals surface area contributed by atoms with Gasteiger partial charge >= 0.3 is 0 Å². The summed E-state index contributed by atoms with van der Waals surface area (Å²) in [6, 6.07) is 1.87. The lowest BCUT2D eigenvalue weighted by Gasteiger charge is -2.12. The molecular weight excluding hydrogens is 236 g/mol. The van der Waals surface area contributed by atoms with Crippen LogP contribution in [0.1, 0.15) is 19.2 Å². The van der Waals surface area contributed by atoms with Gasteiger partial charge in [0.1, 0.15) is 10.9 Å². The van der Waals surface area contributed by atoms with Crippen LogP contribution in [0.2, 0.25) is 0 Å². The van der Waals surface area contributed by atoms with Gasteiger partial charge in [0, 0.05) is 12.1 Å². The molecule has 0 aromatic carbocycles. The van der Waals surface area contributed by atoms with Gasteiger partial charge < -0.3 is 4.98 Å². The molecule has 0 radical (unpaired) electrons. The molecule has 0 fully saturated rings. The summed E-state index contributed by atoms with van der Waals surface area (Å²) in [7, 11) is 0. The van der Waals surface area contributed by atoms with E-state index in [2.05, 4.69) is 32.9 Å². The summed E-state index contributed by atoms with van der Waals surface area (Å²) in [5, 5.41) is 0.640. The van der Waals surface area contributed by atoms with Crippen LogP contribution in [0.15, 0.2) is 29.5 Å². The van der Waals surface area contributed by atoms with Crippen molar-refractivity contribution in [1.29, 1.82) is 0 Å². The van der Waals surface area contributed by atoms with Gasteiger partial charge in [0.2, 0.25) is 0 Å². The molecule has 1 aliphatic heterocycles. The number of imidazole rings is 1. The van der Waals surface area contributed by atoms with E-state index in [0.717, 1.165) is 29.0 Å². The summed E-state index contributed by atoms with van der Waals surface area (Å²) in [5.41, 5.74) is 2.61. The minimum atomic E-state index is 0.298. The van der Waals surface area contributed by atoms with E-state index >= 15 is 0 Å². The molecule has 3 rings (SSSR count). The Morgan fingerprint density at radius 3 is 3.12 bits per heavy atom.